The van der Waals surface area contributed by atoms with Crippen LogP contribution in [0.15, 0.2) is 6.07 Å². The van der Waals surface area contributed by atoms with E-state index in [0.717, 1.165) is 0 Å². The van der Waals surface area contributed by atoms with E-state index in [0.29, 0.717) is 5.69 Å². The lowest BCUT2D eigenvalue weighted by Gasteiger charge is -2.09. The molecule has 0 fully saturated rings. The molecule has 0 aliphatic rings. The van der Waals surface area contributed by atoms with Crippen LogP contribution < -0.4 is 0 Å². The van der Waals surface area contributed by atoms with Crippen molar-refractivity contribution in [1.29, 1.82) is 5.26 Å². The van der Waals surface area contributed by atoms with Crippen molar-refractivity contribution in [2.75, 3.05) is 0 Å². The Morgan fingerprint density at radius 3 is 2.47 bits per heavy atom. The zero-order chi connectivity index (χ0) is 11.6. The number of hydrogen-bond donors (Lipinski definition) is 1. The van der Waals surface area contributed by atoms with E-state index in [9.17, 15) is 8.78 Å². The van der Waals surface area contributed by atoms with Crippen molar-refractivity contribution in [3.05, 3.63) is 27.5 Å². The van der Waals surface area contributed by atoms with Crippen LogP contribution in [0.2, 0.25) is 0 Å². The first-order valence-electron chi connectivity index (χ1n) is 4.42. The van der Waals surface area contributed by atoms with Crippen LogP contribution >= 0.6 is 12.2 Å². The van der Waals surface area contributed by atoms with E-state index in [2.05, 4.69) is 4.98 Å². The lowest BCUT2D eigenvalue weighted by Crippen LogP contribution is -2.00. The molecule has 0 unspecified atom stereocenters. The van der Waals surface area contributed by atoms with Crippen LogP contribution in [0.4, 0.5) is 8.78 Å². The van der Waals surface area contributed by atoms with Crippen LogP contribution in [-0.4, -0.2) is 4.98 Å². The smallest absolute Gasteiger partial charge is 0.265 e. The van der Waals surface area contributed by atoms with E-state index < -0.39 is 6.43 Å². The molecule has 0 saturated carbocycles. The summed E-state index contributed by atoms with van der Waals surface area (Å²) in [5.74, 6) is 0.0666. The molecule has 2 nitrogen and oxygen atoms in total. The van der Waals surface area contributed by atoms with Gasteiger partial charge in [-0.05, 0) is 12.0 Å². The summed E-state index contributed by atoms with van der Waals surface area (Å²) >= 11 is 4.85. The van der Waals surface area contributed by atoms with Crippen molar-refractivity contribution < 1.29 is 8.78 Å². The lowest BCUT2D eigenvalue weighted by atomic mass is 10.0. The molecule has 5 heteroatoms. The Hall–Kier alpha value is -1.28. The van der Waals surface area contributed by atoms with E-state index in [4.69, 9.17) is 17.5 Å². The van der Waals surface area contributed by atoms with Crippen LogP contribution in [0.25, 0.3) is 0 Å². The topological polar surface area (TPSA) is 39.6 Å². The molecular formula is C10H10F2N2S. The molecule has 0 amide bonds. The largest absolute Gasteiger partial charge is 0.349 e. The highest BCUT2D eigenvalue weighted by Crippen LogP contribution is 2.25. The maximum absolute atomic E-state index is 12.6. The molecule has 0 aromatic carbocycles. The molecule has 0 aliphatic carbocycles. The quantitative estimate of drug-likeness (QED) is 0.784. The monoisotopic (exact) mass is 228 g/mol. The number of nitriles is 1. The number of aromatic amines is 1. The second-order valence-electron chi connectivity index (χ2n) is 3.45. The van der Waals surface area contributed by atoms with Gasteiger partial charge in [0.1, 0.15) is 10.7 Å². The molecule has 1 rings (SSSR count). The van der Waals surface area contributed by atoms with Gasteiger partial charge in [-0.2, -0.15) is 5.26 Å². The number of nitrogens with zero attached hydrogens (tertiary/aromatic N) is 1. The molecule has 0 radical (unpaired) electrons. The molecule has 0 bridgehead atoms. The van der Waals surface area contributed by atoms with Gasteiger partial charge in [-0.15, -0.1) is 0 Å². The molecule has 1 N–H and O–H groups in total. The summed E-state index contributed by atoms with van der Waals surface area (Å²) in [7, 11) is 0. The van der Waals surface area contributed by atoms with E-state index >= 15 is 0 Å². The number of hydrogen-bond acceptors (Lipinski definition) is 2. The Morgan fingerprint density at radius 2 is 2.07 bits per heavy atom. The highest BCUT2D eigenvalue weighted by atomic mass is 32.1. The van der Waals surface area contributed by atoms with Crippen molar-refractivity contribution in [2.24, 2.45) is 0 Å². The van der Waals surface area contributed by atoms with Gasteiger partial charge in [0.2, 0.25) is 0 Å². The average Bonchev–Trinajstić information content (AvgIpc) is 2.16. The summed E-state index contributed by atoms with van der Waals surface area (Å²) in [6, 6.07) is 3.01. The highest BCUT2D eigenvalue weighted by Gasteiger charge is 2.16. The van der Waals surface area contributed by atoms with Gasteiger partial charge >= 0.3 is 0 Å². The fourth-order valence-electron chi connectivity index (χ4n) is 1.20. The Morgan fingerprint density at radius 1 is 1.47 bits per heavy atom. The maximum Gasteiger partial charge on any atom is 0.265 e. The van der Waals surface area contributed by atoms with Gasteiger partial charge < -0.3 is 4.98 Å². The Labute approximate surface area is 91.6 Å². The summed E-state index contributed by atoms with van der Waals surface area (Å²) in [6.45, 7) is 3.73. The predicted octanol–water partition coefficient (Wildman–Crippen LogP) is 3.68. The van der Waals surface area contributed by atoms with Crippen molar-refractivity contribution in [3.8, 4) is 6.07 Å². The Kier molecular flexibility index (Phi) is 3.53. The number of halogens is 2. The minimum absolute atomic E-state index is 0.0666. The van der Waals surface area contributed by atoms with Crippen LogP contribution in [0, 0.1) is 16.0 Å². The average molecular weight is 228 g/mol. The van der Waals surface area contributed by atoms with Gasteiger partial charge in [0.25, 0.3) is 6.43 Å². The predicted molar refractivity (Wildman–Crippen MR) is 55.4 cm³/mol. The molecule has 0 atom stereocenters. The highest BCUT2D eigenvalue weighted by molar-refractivity contribution is 7.71. The Balaban J connectivity index is 3.48. The summed E-state index contributed by atoms with van der Waals surface area (Å²) in [6.07, 6.45) is -2.67. The van der Waals surface area contributed by atoms with E-state index in [-0.39, 0.29) is 21.7 Å². The standard InChI is InChI=1S/C10H10F2N2S/c1-5(2)8-3-6(9(11)12)7(4-13)10(15)14-8/h3,5,9H,1-2H3,(H,14,15). The number of pyridine rings is 1. The molecule has 1 heterocycles. The van der Waals surface area contributed by atoms with Crippen LogP contribution in [-0.2, 0) is 0 Å². The number of H-pyrrole nitrogens is 1. The van der Waals surface area contributed by atoms with Gasteiger partial charge in [0.05, 0.1) is 5.56 Å². The molecule has 0 aliphatic heterocycles. The maximum atomic E-state index is 12.6. The summed E-state index contributed by atoms with van der Waals surface area (Å²) in [5.41, 5.74) is 0.198. The second-order valence-corrected chi connectivity index (χ2v) is 3.86. The number of alkyl halides is 2. The third-order valence-corrected chi connectivity index (χ3v) is 2.36. The van der Waals surface area contributed by atoms with Gasteiger partial charge in [0.15, 0.2) is 0 Å². The minimum Gasteiger partial charge on any atom is -0.349 e. The number of aromatic nitrogens is 1. The van der Waals surface area contributed by atoms with Crippen molar-refractivity contribution in [1.82, 2.24) is 4.98 Å². The summed E-state index contributed by atoms with van der Waals surface area (Å²) in [5, 5.41) is 8.71. The number of rotatable bonds is 2. The third-order valence-electron chi connectivity index (χ3n) is 2.05. The zero-order valence-electron chi connectivity index (χ0n) is 8.34. The van der Waals surface area contributed by atoms with E-state index in [1.807, 2.05) is 13.8 Å². The van der Waals surface area contributed by atoms with Gasteiger partial charge in [-0.1, -0.05) is 26.1 Å². The van der Waals surface area contributed by atoms with E-state index in [1.165, 1.54) is 6.07 Å². The molecule has 15 heavy (non-hydrogen) atoms. The molecule has 0 saturated heterocycles. The first-order chi connectivity index (χ1) is 6.97. The second kappa shape index (κ2) is 4.49. The van der Waals surface area contributed by atoms with Crippen LogP contribution in [0.3, 0.4) is 0 Å². The first-order valence-corrected chi connectivity index (χ1v) is 4.83. The molecule has 80 valence electrons. The van der Waals surface area contributed by atoms with Crippen LogP contribution in [0.5, 0.6) is 0 Å². The van der Waals surface area contributed by atoms with Gasteiger partial charge in [-0.25, -0.2) is 8.78 Å². The minimum atomic E-state index is -2.67. The van der Waals surface area contributed by atoms with Gasteiger partial charge in [-0.3, -0.25) is 0 Å². The SMILES string of the molecule is CC(C)c1cc(C(F)F)c(C#N)c(=S)[nH]1. The molecule has 1 aromatic rings. The third kappa shape index (κ3) is 2.39. The molecule has 0 spiro atoms. The fourth-order valence-corrected chi connectivity index (χ4v) is 1.48. The lowest BCUT2D eigenvalue weighted by molar-refractivity contribution is 0.150. The van der Waals surface area contributed by atoms with Gasteiger partial charge in [0, 0.05) is 11.3 Å². The fraction of sp³-hybridized carbons (Fsp3) is 0.400. The van der Waals surface area contributed by atoms with Crippen molar-refractivity contribution in [2.45, 2.75) is 26.2 Å². The molecule has 1 aromatic heterocycles. The van der Waals surface area contributed by atoms with Crippen LogP contribution in [0.1, 0.15) is 43.0 Å². The summed E-state index contributed by atoms with van der Waals surface area (Å²) in [4.78, 5) is 2.78. The van der Waals surface area contributed by atoms with Crippen molar-refractivity contribution in [3.63, 3.8) is 0 Å². The van der Waals surface area contributed by atoms with Crippen molar-refractivity contribution >= 4 is 12.2 Å². The normalized spacial score (nSPS) is 10.7. The zero-order valence-corrected chi connectivity index (χ0v) is 9.16. The summed E-state index contributed by atoms with van der Waals surface area (Å²) < 4.78 is 25.3. The molecular weight excluding hydrogens is 218 g/mol. The van der Waals surface area contributed by atoms with E-state index in [1.54, 1.807) is 6.07 Å². The Bertz CT molecular complexity index is 457. The number of nitrogens with one attached hydrogen (secondary N) is 1. The first kappa shape index (κ1) is 11.8.